The van der Waals surface area contributed by atoms with Crippen LogP contribution in [0.3, 0.4) is 0 Å². The summed E-state index contributed by atoms with van der Waals surface area (Å²) in [6, 6.07) is 3.82. The Labute approximate surface area is 147 Å². The highest BCUT2D eigenvalue weighted by Crippen LogP contribution is 2.34. The first-order chi connectivity index (χ1) is 12.1. The van der Waals surface area contributed by atoms with Gasteiger partial charge in [-0.25, -0.2) is 0 Å². The first kappa shape index (κ1) is 16.4. The van der Waals surface area contributed by atoms with E-state index >= 15 is 0 Å². The summed E-state index contributed by atoms with van der Waals surface area (Å²) in [5, 5.41) is 7.26. The average molecular weight is 342 g/mol. The molecule has 1 saturated heterocycles. The number of nitrogens with zero attached hydrogens (tertiary/aromatic N) is 2. The maximum absolute atomic E-state index is 13.1. The number of aromatic amines is 1. The minimum atomic E-state index is -0.0977. The SMILES string of the molecule is Cc1ccc([C@H]2CN(C(=O)c3cn[nH]c3C3CCCCC3)C[C@@H]2N)o1. The number of H-pyrrole nitrogens is 1. The van der Waals surface area contributed by atoms with Gasteiger partial charge in [-0.2, -0.15) is 5.10 Å². The zero-order valence-electron chi connectivity index (χ0n) is 14.7. The van der Waals surface area contributed by atoms with Crippen LogP contribution in [0.5, 0.6) is 0 Å². The van der Waals surface area contributed by atoms with E-state index < -0.39 is 0 Å². The topological polar surface area (TPSA) is 88.2 Å². The molecule has 1 saturated carbocycles. The highest BCUT2D eigenvalue weighted by atomic mass is 16.3. The molecule has 0 bridgehead atoms. The molecule has 2 aromatic rings. The van der Waals surface area contributed by atoms with Crippen LogP contribution in [0.15, 0.2) is 22.7 Å². The number of furan rings is 1. The lowest BCUT2D eigenvalue weighted by molar-refractivity contribution is 0.0786. The minimum absolute atomic E-state index is 0.0375. The van der Waals surface area contributed by atoms with E-state index in [-0.39, 0.29) is 17.9 Å². The molecule has 2 aliphatic rings. The zero-order valence-corrected chi connectivity index (χ0v) is 14.7. The first-order valence-electron chi connectivity index (χ1n) is 9.28. The van der Waals surface area contributed by atoms with E-state index in [4.69, 9.17) is 10.2 Å². The summed E-state index contributed by atoms with van der Waals surface area (Å²) < 4.78 is 5.74. The molecule has 4 rings (SSSR count). The third kappa shape index (κ3) is 3.11. The predicted octanol–water partition coefficient (Wildman–Crippen LogP) is 2.93. The Morgan fingerprint density at radius 2 is 2.08 bits per heavy atom. The van der Waals surface area contributed by atoms with Crippen LogP contribution in [0.25, 0.3) is 0 Å². The lowest BCUT2D eigenvalue weighted by Crippen LogP contribution is -2.32. The molecule has 134 valence electrons. The Morgan fingerprint density at radius 3 is 2.80 bits per heavy atom. The van der Waals surface area contributed by atoms with Crippen LogP contribution in [0.4, 0.5) is 0 Å². The van der Waals surface area contributed by atoms with Crippen LogP contribution in [0.2, 0.25) is 0 Å². The maximum Gasteiger partial charge on any atom is 0.257 e. The fraction of sp³-hybridized carbons (Fsp3) is 0.579. The molecular weight excluding hydrogens is 316 g/mol. The van der Waals surface area contributed by atoms with Gasteiger partial charge < -0.3 is 15.1 Å². The smallest absolute Gasteiger partial charge is 0.257 e. The standard InChI is InChI=1S/C19H26N4O2/c1-12-7-8-17(25-12)15-10-23(11-16(15)20)19(24)14-9-21-22-18(14)13-5-3-2-4-6-13/h7-9,13,15-16H,2-6,10-11,20H2,1H3,(H,21,22)/t15-,16-/m0/s1. The molecule has 0 radical (unpaired) electrons. The van der Waals surface area contributed by atoms with Crippen molar-refractivity contribution in [1.82, 2.24) is 15.1 Å². The van der Waals surface area contributed by atoms with Gasteiger partial charge in [0.1, 0.15) is 11.5 Å². The van der Waals surface area contributed by atoms with Crippen LogP contribution in [-0.2, 0) is 0 Å². The van der Waals surface area contributed by atoms with E-state index in [0.29, 0.717) is 19.0 Å². The Bertz CT molecular complexity index is 744. The van der Waals surface area contributed by atoms with Crippen molar-refractivity contribution in [2.24, 2.45) is 5.73 Å². The summed E-state index contributed by atoms with van der Waals surface area (Å²) in [5.41, 5.74) is 8.03. The van der Waals surface area contributed by atoms with Gasteiger partial charge in [0.15, 0.2) is 0 Å². The summed E-state index contributed by atoms with van der Waals surface area (Å²) in [4.78, 5) is 14.9. The van der Waals surface area contributed by atoms with Gasteiger partial charge in [-0.1, -0.05) is 19.3 Å². The van der Waals surface area contributed by atoms with Crippen molar-refractivity contribution in [3.05, 3.63) is 41.1 Å². The second-order valence-electron chi connectivity index (χ2n) is 7.46. The van der Waals surface area contributed by atoms with Gasteiger partial charge in [-0.15, -0.1) is 0 Å². The number of aryl methyl sites for hydroxylation is 1. The number of aromatic nitrogens is 2. The second-order valence-corrected chi connectivity index (χ2v) is 7.46. The van der Waals surface area contributed by atoms with E-state index in [0.717, 1.165) is 35.6 Å². The summed E-state index contributed by atoms with van der Waals surface area (Å²) in [7, 11) is 0. The quantitative estimate of drug-likeness (QED) is 0.897. The van der Waals surface area contributed by atoms with Crippen LogP contribution in [0, 0.1) is 6.92 Å². The third-order valence-corrected chi connectivity index (χ3v) is 5.69. The monoisotopic (exact) mass is 342 g/mol. The van der Waals surface area contributed by atoms with Crippen LogP contribution < -0.4 is 5.73 Å². The molecule has 2 fully saturated rings. The number of nitrogens with one attached hydrogen (secondary N) is 1. The van der Waals surface area contributed by atoms with Crippen LogP contribution in [-0.4, -0.2) is 40.1 Å². The molecule has 2 atom stereocenters. The van der Waals surface area contributed by atoms with Crippen molar-refractivity contribution in [3.8, 4) is 0 Å². The Kier molecular flexibility index (Phi) is 4.37. The van der Waals surface area contributed by atoms with Crippen molar-refractivity contribution >= 4 is 5.91 Å². The number of amides is 1. The van der Waals surface area contributed by atoms with E-state index in [1.807, 2.05) is 24.0 Å². The van der Waals surface area contributed by atoms with Crippen molar-refractivity contribution in [2.75, 3.05) is 13.1 Å². The lowest BCUT2D eigenvalue weighted by Gasteiger charge is -2.22. The van der Waals surface area contributed by atoms with Gasteiger partial charge in [0, 0.05) is 25.0 Å². The first-order valence-corrected chi connectivity index (χ1v) is 9.28. The number of hydrogen-bond acceptors (Lipinski definition) is 4. The van der Waals surface area contributed by atoms with E-state index in [1.54, 1.807) is 6.20 Å². The largest absolute Gasteiger partial charge is 0.466 e. The normalized spacial score (nSPS) is 24.8. The predicted molar refractivity (Wildman–Crippen MR) is 94.5 cm³/mol. The zero-order chi connectivity index (χ0) is 17.4. The van der Waals surface area contributed by atoms with E-state index in [2.05, 4.69) is 10.2 Å². The van der Waals surface area contributed by atoms with Gasteiger partial charge in [0.25, 0.3) is 5.91 Å². The van der Waals surface area contributed by atoms with Crippen LogP contribution in [0.1, 0.15) is 71.5 Å². The maximum atomic E-state index is 13.1. The van der Waals surface area contributed by atoms with Gasteiger partial charge in [0.2, 0.25) is 0 Å². The number of rotatable bonds is 3. The summed E-state index contributed by atoms with van der Waals surface area (Å²) in [6.07, 6.45) is 7.70. The fourth-order valence-electron chi connectivity index (χ4n) is 4.29. The second kappa shape index (κ2) is 6.67. The highest BCUT2D eigenvalue weighted by Gasteiger charge is 2.37. The Morgan fingerprint density at radius 1 is 1.28 bits per heavy atom. The Hall–Kier alpha value is -2.08. The molecule has 1 aliphatic heterocycles. The molecule has 6 nitrogen and oxygen atoms in total. The number of carbonyl (C=O) groups is 1. The minimum Gasteiger partial charge on any atom is -0.466 e. The molecule has 25 heavy (non-hydrogen) atoms. The summed E-state index contributed by atoms with van der Waals surface area (Å²) in [6.45, 7) is 3.08. The van der Waals surface area contributed by atoms with Crippen molar-refractivity contribution in [2.45, 2.75) is 56.9 Å². The number of nitrogens with two attached hydrogens (primary N) is 1. The molecule has 3 N–H and O–H groups in total. The van der Waals surface area contributed by atoms with Crippen molar-refractivity contribution in [3.63, 3.8) is 0 Å². The number of likely N-dealkylation sites (tertiary alicyclic amines) is 1. The van der Waals surface area contributed by atoms with Gasteiger partial charge in [0.05, 0.1) is 23.4 Å². The van der Waals surface area contributed by atoms with Crippen molar-refractivity contribution in [1.29, 1.82) is 0 Å². The lowest BCUT2D eigenvalue weighted by atomic mass is 9.85. The Balaban J connectivity index is 1.51. The molecule has 3 heterocycles. The van der Waals surface area contributed by atoms with E-state index in [1.165, 1.54) is 19.3 Å². The average Bonchev–Trinajstić information content (AvgIpc) is 3.34. The molecule has 0 spiro atoms. The highest BCUT2D eigenvalue weighted by molar-refractivity contribution is 5.95. The van der Waals surface area contributed by atoms with Crippen LogP contribution >= 0.6 is 0 Å². The number of carbonyl (C=O) groups excluding carboxylic acids is 1. The molecular formula is C19H26N4O2. The molecule has 1 aliphatic carbocycles. The molecule has 0 unspecified atom stereocenters. The molecule has 1 amide bonds. The van der Waals surface area contributed by atoms with Gasteiger partial charge in [-0.3, -0.25) is 9.89 Å². The molecule has 2 aromatic heterocycles. The van der Waals surface area contributed by atoms with E-state index in [9.17, 15) is 4.79 Å². The van der Waals surface area contributed by atoms with Crippen molar-refractivity contribution < 1.29 is 9.21 Å². The number of hydrogen-bond donors (Lipinski definition) is 2. The van der Waals surface area contributed by atoms with Gasteiger partial charge >= 0.3 is 0 Å². The summed E-state index contributed by atoms with van der Waals surface area (Å²) >= 11 is 0. The van der Waals surface area contributed by atoms with Gasteiger partial charge in [-0.05, 0) is 31.9 Å². The fourth-order valence-corrected chi connectivity index (χ4v) is 4.29. The third-order valence-electron chi connectivity index (χ3n) is 5.69. The molecule has 6 heteroatoms. The summed E-state index contributed by atoms with van der Waals surface area (Å²) in [5.74, 6) is 2.27. The molecule has 0 aromatic carbocycles.